The van der Waals surface area contributed by atoms with Crippen LogP contribution in [0.3, 0.4) is 0 Å². The number of fused-ring (bicyclic) bond motifs is 1. The van der Waals surface area contributed by atoms with Crippen LogP contribution in [0, 0.1) is 20.8 Å². The molecule has 4 heterocycles. The minimum absolute atomic E-state index is 0.633. The normalized spacial score (nSPS) is 11.3. The summed E-state index contributed by atoms with van der Waals surface area (Å²) in [6.07, 6.45) is 6.62. The largest absolute Gasteiger partial charge is 0.262 e. The predicted octanol–water partition coefficient (Wildman–Crippen LogP) is 1.81. The van der Waals surface area contributed by atoms with Crippen molar-refractivity contribution in [3.05, 3.63) is 59.5 Å². The minimum Gasteiger partial charge on any atom is -0.262 e. The van der Waals surface area contributed by atoms with Crippen molar-refractivity contribution in [2.24, 2.45) is 0 Å². The second-order valence-corrected chi connectivity index (χ2v) is 5.93. The van der Waals surface area contributed by atoms with Crippen molar-refractivity contribution >= 4 is 5.78 Å². The molecule has 0 atom stereocenters. The second-order valence-electron chi connectivity index (χ2n) is 5.93. The lowest BCUT2D eigenvalue weighted by atomic mass is 10.1. The summed E-state index contributed by atoms with van der Waals surface area (Å²) in [6, 6.07) is 3.87. The van der Waals surface area contributed by atoms with Gasteiger partial charge in [-0.25, -0.2) is 19.2 Å². The highest BCUT2D eigenvalue weighted by atomic mass is 15.4. The maximum absolute atomic E-state index is 4.58. The van der Waals surface area contributed by atoms with E-state index in [1.807, 2.05) is 37.6 Å². The van der Waals surface area contributed by atoms with Crippen LogP contribution in [0.5, 0.6) is 0 Å². The van der Waals surface area contributed by atoms with E-state index in [0.717, 1.165) is 47.1 Å². The molecule has 0 bridgehead atoms. The number of nitrogens with zero attached hydrogens (tertiary/aromatic N) is 8. The Bertz CT molecular complexity index is 1030. The van der Waals surface area contributed by atoms with Crippen molar-refractivity contribution in [1.82, 2.24) is 39.3 Å². The van der Waals surface area contributed by atoms with Gasteiger partial charge in [-0.3, -0.25) is 4.98 Å². The molecule has 4 rings (SSSR count). The molecule has 0 spiro atoms. The molecular weight excluding hydrogens is 316 g/mol. The van der Waals surface area contributed by atoms with Crippen molar-refractivity contribution in [2.45, 2.75) is 33.6 Å². The monoisotopic (exact) mass is 334 g/mol. The van der Waals surface area contributed by atoms with E-state index >= 15 is 0 Å². The molecule has 0 aliphatic carbocycles. The summed E-state index contributed by atoms with van der Waals surface area (Å²) in [4.78, 5) is 17.4. The number of pyridine rings is 1. The fourth-order valence-electron chi connectivity index (χ4n) is 3.06. The topological polar surface area (TPSA) is 86.7 Å². The van der Waals surface area contributed by atoms with E-state index in [1.165, 1.54) is 6.33 Å². The Morgan fingerprint density at radius 2 is 1.96 bits per heavy atom. The molecule has 25 heavy (non-hydrogen) atoms. The molecule has 0 saturated heterocycles. The molecule has 0 saturated carbocycles. The van der Waals surface area contributed by atoms with Crippen molar-refractivity contribution < 1.29 is 0 Å². The predicted molar refractivity (Wildman–Crippen MR) is 91.6 cm³/mol. The quantitative estimate of drug-likeness (QED) is 0.566. The summed E-state index contributed by atoms with van der Waals surface area (Å²) < 4.78 is 3.63. The van der Waals surface area contributed by atoms with Crippen LogP contribution in [0.15, 0.2) is 30.9 Å². The molecule has 0 amide bonds. The van der Waals surface area contributed by atoms with Gasteiger partial charge >= 0.3 is 0 Å². The first kappa shape index (κ1) is 15.4. The van der Waals surface area contributed by atoms with Gasteiger partial charge in [0.25, 0.3) is 5.78 Å². The highest BCUT2D eigenvalue weighted by Gasteiger charge is 2.14. The average molecular weight is 334 g/mol. The molecule has 4 aromatic heterocycles. The van der Waals surface area contributed by atoms with Gasteiger partial charge in [-0.05, 0) is 44.9 Å². The summed E-state index contributed by atoms with van der Waals surface area (Å²) in [6.45, 7) is 5.95. The molecule has 126 valence electrons. The van der Waals surface area contributed by atoms with Crippen LogP contribution in [-0.4, -0.2) is 39.3 Å². The van der Waals surface area contributed by atoms with Crippen LogP contribution < -0.4 is 0 Å². The van der Waals surface area contributed by atoms with Gasteiger partial charge < -0.3 is 0 Å². The van der Waals surface area contributed by atoms with Crippen molar-refractivity contribution in [2.75, 3.05) is 0 Å². The summed E-state index contributed by atoms with van der Waals surface area (Å²) in [5.74, 6) is 2.29. The molecule has 0 radical (unpaired) electrons. The maximum atomic E-state index is 4.58. The van der Waals surface area contributed by atoms with Crippen LogP contribution in [0.25, 0.3) is 11.5 Å². The Balaban J connectivity index is 1.67. The standard InChI is InChI=1S/C17H18N8/c1-11-15(12(2)24-17(21-11)19-10-20-24)6-7-16-22-13(3)23-25(16)14-5-4-8-18-9-14/h4-5,8-10H,6-7H2,1-3H3. The number of hydrogen-bond acceptors (Lipinski definition) is 6. The van der Waals surface area contributed by atoms with Gasteiger partial charge in [0.05, 0.1) is 11.9 Å². The molecule has 0 N–H and O–H groups in total. The van der Waals surface area contributed by atoms with Crippen molar-refractivity contribution in [3.8, 4) is 5.69 Å². The van der Waals surface area contributed by atoms with E-state index in [0.29, 0.717) is 5.78 Å². The Morgan fingerprint density at radius 3 is 2.76 bits per heavy atom. The highest BCUT2D eigenvalue weighted by Crippen LogP contribution is 2.17. The van der Waals surface area contributed by atoms with Crippen LogP contribution in [-0.2, 0) is 12.8 Å². The number of rotatable bonds is 4. The smallest absolute Gasteiger partial charge is 0.252 e. The molecule has 4 aromatic rings. The summed E-state index contributed by atoms with van der Waals surface area (Å²) in [5, 5.41) is 8.75. The second kappa shape index (κ2) is 6.04. The average Bonchev–Trinajstić information content (AvgIpc) is 3.22. The third kappa shape index (κ3) is 2.75. The lowest BCUT2D eigenvalue weighted by Crippen LogP contribution is -2.09. The third-order valence-electron chi connectivity index (χ3n) is 4.26. The van der Waals surface area contributed by atoms with Gasteiger partial charge in [0, 0.05) is 24.0 Å². The number of aromatic nitrogens is 8. The molecule has 8 nitrogen and oxygen atoms in total. The summed E-state index contributed by atoms with van der Waals surface area (Å²) in [5.41, 5.74) is 4.11. The van der Waals surface area contributed by atoms with Gasteiger partial charge in [0.1, 0.15) is 18.0 Å². The zero-order valence-electron chi connectivity index (χ0n) is 14.4. The Morgan fingerprint density at radius 1 is 1.08 bits per heavy atom. The van der Waals surface area contributed by atoms with E-state index in [1.54, 1.807) is 16.9 Å². The molecular formula is C17H18N8. The van der Waals surface area contributed by atoms with Crippen LogP contribution in [0.1, 0.15) is 28.6 Å². The number of hydrogen-bond donors (Lipinski definition) is 0. The first-order valence-corrected chi connectivity index (χ1v) is 8.12. The molecule has 0 aliphatic heterocycles. The fraction of sp³-hybridized carbons (Fsp3) is 0.294. The van der Waals surface area contributed by atoms with Crippen molar-refractivity contribution in [3.63, 3.8) is 0 Å². The van der Waals surface area contributed by atoms with E-state index in [2.05, 4.69) is 30.1 Å². The number of aryl methyl sites for hydroxylation is 4. The van der Waals surface area contributed by atoms with E-state index in [-0.39, 0.29) is 0 Å². The zero-order valence-corrected chi connectivity index (χ0v) is 14.4. The van der Waals surface area contributed by atoms with Gasteiger partial charge in [0.15, 0.2) is 0 Å². The molecule has 0 unspecified atom stereocenters. The third-order valence-corrected chi connectivity index (χ3v) is 4.26. The minimum atomic E-state index is 0.633. The summed E-state index contributed by atoms with van der Waals surface area (Å²) >= 11 is 0. The van der Waals surface area contributed by atoms with Crippen LogP contribution >= 0.6 is 0 Å². The first-order chi connectivity index (χ1) is 12.1. The van der Waals surface area contributed by atoms with Gasteiger partial charge in [-0.15, -0.1) is 0 Å². The van der Waals surface area contributed by atoms with Gasteiger partial charge in [-0.1, -0.05) is 0 Å². The van der Waals surface area contributed by atoms with Crippen LogP contribution in [0.4, 0.5) is 0 Å². The maximum Gasteiger partial charge on any atom is 0.252 e. The van der Waals surface area contributed by atoms with E-state index < -0.39 is 0 Å². The highest BCUT2D eigenvalue weighted by molar-refractivity contribution is 5.36. The molecule has 0 fully saturated rings. The molecule has 0 aliphatic rings. The van der Waals surface area contributed by atoms with E-state index in [9.17, 15) is 0 Å². The Hall–Kier alpha value is -3.16. The van der Waals surface area contributed by atoms with Gasteiger partial charge in [-0.2, -0.15) is 15.2 Å². The fourth-order valence-corrected chi connectivity index (χ4v) is 3.06. The van der Waals surface area contributed by atoms with E-state index in [4.69, 9.17) is 0 Å². The lowest BCUT2D eigenvalue weighted by Gasteiger charge is -2.10. The van der Waals surface area contributed by atoms with Crippen molar-refractivity contribution in [1.29, 1.82) is 0 Å². The molecule has 8 heteroatoms. The Kier molecular flexibility index (Phi) is 3.72. The first-order valence-electron chi connectivity index (χ1n) is 8.12. The summed E-state index contributed by atoms with van der Waals surface area (Å²) in [7, 11) is 0. The van der Waals surface area contributed by atoms with Crippen LogP contribution in [0.2, 0.25) is 0 Å². The lowest BCUT2D eigenvalue weighted by molar-refractivity contribution is 0.750. The molecule has 0 aromatic carbocycles. The zero-order chi connectivity index (χ0) is 17.4. The Labute approximate surface area is 144 Å². The SMILES string of the molecule is Cc1nc(CCc2c(C)nc3ncnn3c2C)n(-c2cccnc2)n1. The van der Waals surface area contributed by atoms with Gasteiger partial charge in [0.2, 0.25) is 0 Å².